The molecule has 2 aromatic rings. The van der Waals surface area contributed by atoms with E-state index in [9.17, 15) is 4.39 Å². The van der Waals surface area contributed by atoms with Crippen molar-refractivity contribution in [1.29, 1.82) is 0 Å². The van der Waals surface area contributed by atoms with Gasteiger partial charge in [-0.25, -0.2) is 4.39 Å². The first-order valence-electron chi connectivity index (χ1n) is 9.62. The summed E-state index contributed by atoms with van der Waals surface area (Å²) in [6.45, 7) is 7.10. The summed E-state index contributed by atoms with van der Waals surface area (Å²) in [5.41, 5.74) is 3.10. The van der Waals surface area contributed by atoms with Gasteiger partial charge in [0.15, 0.2) is 0 Å². The monoisotopic (exact) mass is 358 g/mol. The molecule has 0 amide bonds. The lowest BCUT2D eigenvalue weighted by atomic mass is 10.1. The van der Waals surface area contributed by atoms with Crippen molar-refractivity contribution < 1.29 is 9.13 Å². The van der Waals surface area contributed by atoms with Crippen molar-refractivity contribution in [1.82, 2.24) is 20.0 Å². The molecule has 2 aliphatic rings. The first-order chi connectivity index (χ1) is 12.8. The lowest BCUT2D eigenvalue weighted by Gasteiger charge is -2.26. The number of aromatic nitrogens is 2. The van der Waals surface area contributed by atoms with Crippen molar-refractivity contribution >= 4 is 0 Å². The fourth-order valence-electron chi connectivity index (χ4n) is 4.02. The minimum atomic E-state index is -0.218. The first-order valence-corrected chi connectivity index (χ1v) is 9.62. The second kappa shape index (κ2) is 8.29. The molecular formula is C20H27FN4O. The summed E-state index contributed by atoms with van der Waals surface area (Å²) in [5.74, 6) is -0.218. The van der Waals surface area contributed by atoms with Crippen LogP contribution in [-0.4, -0.2) is 65.4 Å². The van der Waals surface area contributed by atoms with Crippen LogP contribution in [-0.2, 0) is 11.3 Å². The van der Waals surface area contributed by atoms with Gasteiger partial charge in [0.2, 0.25) is 0 Å². The molecule has 26 heavy (non-hydrogen) atoms. The Labute approximate surface area is 154 Å². The van der Waals surface area contributed by atoms with E-state index in [0.29, 0.717) is 0 Å². The third-order valence-corrected chi connectivity index (χ3v) is 5.34. The zero-order valence-electron chi connectivity index (χ0n) is 15.2. The molecule has 140 valence electrons. The number of nitrogens with one attached hydrogen (secondary N) is 1. The van der Waals surface area contributed by atoms with Gasteiger partial charge in [-0.15, -0.1) is 0 Å². The van der Waals surface area contributed by atoms with Crippen molar-refractivity contribution in [2.75, 3.05) is 39.3 Å². The van der Waals surface area contributed by atoms with Crippen LogP contribution in [0.2, 0.25) is 0 Å². The number of benzene rings is 1. The van der Waals surface area contributed by atoms with Crippen molar-refractivity contribution in [2.45, 2.75) is 31.9 Å². The highest BCUT2D eigenvalue weighted by Gasteiger charge is 2.23. The molecule has 1 atom stereocenters. The summed E-state index contributed by atoms with van der Waals surface area (Å²) < 4.78 is 19.3. The summed E-state index contributed by atoms with van der Waals surface area (Å²) in [4.78, 5) is 4.99. The van der Waals surface area contributed by atoms with E-state index in [0.717, 1.165) is 56.0 Å². The SMILES string of the molecule is Fc1ccc(-c2[nH]ncc2CN2CCCO[C@H](CN3CCCC3)C2)cc1. The first kappa shape index (κ1) is 17.6. The Kier molecular flexibility index (Phi) is 5.62. The number of hydrogen-bond acceptors (Lipinski definition) is 4. The fraction of sp³-hybridized carbons (Fsp3) is 0.550. The molecule has 2 fully saturated rings. The number of likely N-dealkylation sites (tertiary alicyclic amines) is 1. The fourth-order valence-corrected chi connectivity index (χ4v) is 4.02. The van der Waals surface area contributed by atoms with E-state index in [-0.39, 0.29) is 11.9 Å². The summed E-state index contributed by atoms with van der Waals surface area (Å²) in [5, 5.41) is 7.31. The van der Waals surface area contributed by atoms with Crippen LogP contribution in [0.25, 0.3) is 11.3 Å². The smallest absolute Gasteiger partial charge is 0.123 e. The van der Waals surface area contributed by atoms with Crippen molar-refractivity contribution in [2.24, 2.45) is 0 Å². The lowest BCUT2D eigenvalue weighted by molar-refractivity contribution is 0.0308. The summed E-state index contributed by atoms with van der Waals surface area (Å²) >= 11 is 0. The molecule has 5 nitrogen and oxygen atoms in total. The zero-order chi connectivity index (χ0) is 17.8. The molecule has 1 aromatic heterocycles. The van der Waals surface area contributed by atoms with Crippen LogP contribution >= 0.6 is 0 Å². The predicted molar refractivity (Wildman–Crippen MR) is 99.3 cm³/mol. The lowest BCUT2D eigenvalue weighted by Crippen LogP contribution is -2.39. The van der Waals surface area contributed by atoms with Gasteiger partial charge in [0.1, 0.15) is 5.82 Å². The minimum absolute atomic E-state index is 0.218. The quantitative estimate of drug-likeness (QED) is 0.893. The molecule has 4 rings (SSSR count). The van der Waals surface area contributed by atoms with E-state index in [1.54, 1.807) is 12.1 Å². The Hall–Kier alpha value is -1.76. The number of H-pyrrole nitrogens is 1. The van der Waals surface area contributed by atoms with Gasteiger partial charge < -0.3 is 9.64 Å². The highest BCUT2D eigenvalue weighted by molar-refractivity contribution is 5.62. The molecule has 2 aliphatic heterocycles. The van der Waals surface area contributed by atoms with Crippen molar-refractivity contribution in [3.63, 3.8) is 0 Å². The third-order valence-electron chi connectivity index (χ3n) is 5.34. The van der Waals surface area contributed by atoms with Gasteiger partial charge in [0.05, 0.1) is 18.0 Å². The molecule has 0 spiro atoms. The van der Waals surface area contributed by atoms with Crippen LogP contribution in [0.1, 0.15) is 24.8 Å². The van der Waals surface area contributed by atoms with Gasteiger partial charge in [0.25, 0.3) is 0 Å². The van der Waals surface area contributed by atoms with Crippen molar-refractivity contribution in [3.05, 3.63) is 41.8 Å². The molecule has 0 aliphatic carbocycles. The van der Waals surface area contributed by atoms with Crippen LogP contribution in [0.4, 0.5) is 4.39 Å². The van der Waals surface area contributed by atoms with Gasteiger partial charge >= 0.3 is 0 Å². The maximum atomic E-state index is 13.2. The Morgan fingerprint density at radius 1 is 1.08 bits per heavy atom. The van der Waals surface area contributed by atoms with E-state index in [2.05, 4.69) is 20.0 Å². The van der Waals surface area contributed by atoms with Gasteiger partial charge in [0, 0.05) is 43.9 Å². The van der Waals surface area contributed by atoms with E-state index in [1.165, 1.54) is 38.1 Å². The third kappa shape index (κ3) is 4.31. The second-order valence-corrected chi connectivity index (χ2v) is 7.37. The average Bonchev–Trinajstić information content (AvgIpc) is 3.26. The molecule has 6 heteroatoms. The van der Waals surface area contributed by atoms with Gasteiger partial charge in [-0.3, -0.25) is 10.00 Å². The Bertz CT molecular complexity index is 696. The molecule has 0 unspecified atom stereocenters. The van der Waals surface area contributed by atoms with Crippen LogP contribution in [0, 0.1) is 5.82 Å². The van der Waals surface area contributed by atoms with E-state index in [4.69, 9.17) is 4.74 Å². The van der Waals surface area contributed by atoms with E-state index in [1.807, 2.05) is 6.20 Å². The molecule has 0 radical (unpaired) electrons. The minimum Gasteiger partial charge on any atom is -0.376 e. The largest absolute Gasteiger partial charge is 0.376 e. The Morgan fingerprint density at radius 3 is 2.65 bits per heavy atom. The highest BCUT2D eigenvalue weighted by Crippen LogP contribution is 2.23. The number of ether oxygens (including phenoxy) is 1. The van der Waals surface area contributed by atoms with E-state index < -0.39 is 0 Å². The molecular weight excluding hydrogens is 331 g/mol. The summed E-state index contributed by atoms with van der Waals surface area (Å²) in [6, 6.07) is 6.58. The van der Waals surface area contributed by atoms with Crippen LogP contribution < -0.4 is 0 Å². The zero-order valence-corrected chi connectivity index (χ0v) is 15.2. The van der Waals surface area contributed by atoms with Gasteiger partial charge in [-0.2, -0.15) is 5.10 Å². The normalized spacial score (nSPS) is 22.6. The molecule has 1 aromatic carbocycles. The van der Waals surface area contributed by atoms with E-state index >= 15 is 0 Å². The Balaban J connectivity index is 1.42. The van der Waals surface area contributed by atoms with Crippen LogP contribution in [0.5, 0.6) is 0 Å². The maximum Gasteiger partial charge on any atom is 0.123 e. The van der Waals surface area contributed by atoms with Gasteiger partial charge in [-0.05, 0) is 56.6 Å². The molecule has 2 saturated heterocycles. The molecule has 3 heterocycles. The standard InChI is InChI=1S/C20H27FN4O/c21-18-6-4-16(5-7-18)20-17(12-22-23-20)13-25-10-3-11-26-19(15-25)14-24-8-1-2-9-24/h4-7,12,19H,1-3,8-11,13-15H2,(H,22,23)/t19-/m1/s1. The van der Waals surface area contributed by atoms with Gasteiger partial charge in [-0.1, -0.05) is 0 Å². The second-order valence-electron chi connectivity index (χ2n) is 7.37. The summed E-state index contributed by atoms with van der Waals surface area (Å²) in [6.07, 6.45) is 5.84. The number of hydrogen-bond donors (Lipinski definition) is 1. The number of nitrogens with zero attached hydrogens (tertiary/aromatic N) is 3. The number of rotatable bonds is 5. The van der Waals surface area contributed by atoms with Crippen LogP contribution in [0.3, 0.4) is 0 Å². The molecule has 0 bridgehead atoms. The average molecular weight is 358 g/mol. The van der Waals surface area contributed by atoms with Crippen molar-refractivity contribution in [3.8, 4) is 11.3 Å². The maximum absolute atomic E-state index is 13.2. The Morgan fingerprint density at radius 2 is 1.85 bits per heavy atom. The van der Waals surface area contributed by atoms with Crippen LogP contribution in [0.15, 0.2) is 30.5 Å². The predicted octanol–water partition coefficient (Wildman–Crippen LogP) is 2.90. The topological polar surface area (TPSA) is 44.4 Å². The molecule has 1 N–H and O–H groups in total. The summed E-state index contributed by atoms with van der Waals surface area (Å²) in [7, 11) is 0. The molecule has 0 saturated carbocycles. The highest BCUT2D eigenvalue weighted by atomic mass is 19.1. The number of halogens is 1. The number of aromatic amines is 1.